The number of carboxylic acids is 1. The van der Waals surface area contributed by atoms with Crippen LogP contribution in [0.3, 0.4) is 0 Å². The first-order valence-electron chi connectivity index (χ1n) is 8.55. The Kier molecular flexibility index (Phi) is 4.36. The van der Waals surface area contributed by atoms with Crippen molar-refractivity contribution in [3.8, 4) is 0 Å². The van der Waals surface area contributed by atoms with Crippen molar-refractivity contribution < 1.29 is 19.4 Å². The molecule has 1 amide bonds. The number of nitrogens with zero attached hydrogens (tertiary/aromatic N) is 1. The van der Waals surface area contributed by atoms with Gasteiger partial charge in [0.05, 0.1) is 0 Å². The van der Waals surface area contributed by atoms with Crippen LogP contribution in [0, 0.1) is 0 Å². The van der Waals surface area contributed by atoms with Gasteiger partial charge >= 0.3 is 12.1 Å². The van der Waals surface area contributed by atoms with Crippen LogP contribution < -0.4 is 0 Å². The van der Waals surface area contributed by atoms with Gasteiger partial charge in [0.15, 0.2) is 0 Å². The van der Waals surface area contributed by atoms with Gasteiger partial charge in [-0.2, -0.15) is 0 Å². The second-order valence-corrected chi connectivity index (χ2v) is 8.92. The molecule has 3 rings (SSSR count). The summed E-state index contributed by atoms with van der Waals surface area (Å²) in [6, 6.07) is 1.85. The van der Waals surface area contributed by atoms with Crippen LogP contribution in [0.15, 0.2) is 6.07 Å². The Hall–Kier alpha value is -1.56. The van der Waals surface area contributed by atoms with E-state index in [0.29, 0.717) is 18.0 Å². The molecular formula is C18H25NO4S. The summed E-state index contributed by atoms with van der Waals surface area (Å²) >= 11 is 1.43. The molecule has 1 spiro atoms. The van der Waals surface area contributed by atoms with Crippen LogP contribution in [0.5, 0.6) is 0 Å². The Morgan fingerprint density at radius 3 is 2.50 bits per heavy atom. The fourth-order valence-electron chi connectivity index (χ4n) is 3.82. The summed E-state index contributed by atoms with van der Waals surface area (Å²) in [4.78, 5) is 27.0. The summed E-state index contributed by atoms with van der Waals surface area (Å²) in [7, 11) is 0. The Balaban J connectivity index is 1.75. The number of fused-ring (bicyclic) bond motifs is 2. The van der Waals surface area contributed by atoms with Crippen molar-refractivity contribution in [1.29, 1.82) is 0 Å². The SMILES string of the molecule is CC(C)(C)OC(=O)N1CCC2(CCCc3cc(C(=O)O)sc32)CC1. The summed E-state index contributed by atoms with van der Waals surface area (Å²) in [6.45, 7) is 6.98. The van der Waals surface area contributed by atoms with Crippen LogP contribution in [0.4, 0.5) is 4.79 Å². The number of aromatic carboxylic acids is 1. The zero-order chi connectivity index (χ0) is 17.5. The molecule has 0 radical (unpaired) electrons. The molecule has 0 bridgehead atoms. The van der Waals surface area contributed by atoms with Gasteiger partial charge in [-0.3, -0.25) is 0 Å². The lowest BCUT2D eigenvalue weighted by molar-refractivity contribution is 0.0156. The highest BCUT2D eigenvalue weighted by atomic mass is 32.1. The molecule has 0 aromatic carbocycles. The van der Waals surface area contributed by atoms with Gasteiger partial charge in [-0.25, -0.2) is 9.59 Å². The minimum absolute atomic E-state index is 0.0461. The number of ether oxygens (including phenoxy) is 1. The van der Waals surface area contributed by atoms with Gasteiger partial charge in [-0.05, 0) is 64.5 Å². The van der Waals surface area contributed by atoms with E-state index < -0.39 is 11.6 Å². The van der Waals surface area contributed by atoms with E-state index in [4.69, 9.17) is 4.74 Å². The molecule has 24 heavy (non-hydrogen) atoms. The Bertz CT molecular complexity index is 650. The normalized spacial score (nSPS) is 19.9. The van der Waals surface area contributed by atoms with Crippen LogP contribution in [-0.2, 0) is 16.6 Å². The number of thiophene rings is 1. The monoisotopic (exact) mass is 351 g/mol. The lowest BCUT2D eigenvalue weighted by atomic mass is 9.69. The first-order valence-corrected chi connectivity index (χ1v) is 9.36. The molecule has 1 aliphatic heterocycles. The first kappa shape index (κ1) is 17.3. The minimum atomic E-state index is -0.837. The highest BCUT2D eigenvalue weighted by Gasteiger charge is 2.42. The molecule has 2 heterocycles. The smallest absolute Gasteiger partial charge is 0.410 e. The van der Waals surface area contributed by atoms with Crippen molar-refractivity contribution in [3.63, 3.8) is 0 Å². The van der Waals surface area contributed by atoms with E-state index in [-0.39, 0.29) is 11.5 Å². The quantitative estimate of drug-likeness (QED) is 0.829. The fourth-order valence-corrected chi connectivity index (χ4v) is 5.14. The molecule has 0 unspecified atom stereocenters. The maximum absolute atomic E-state index is 12.3. The van der Waals surface area contributed by atoms with Crippen molar-refractivity contribution >= 4 is 23.4 Å². The van der Waals surface area contributed by atoms with Crippen LogP contribution in [-0.4, -0.2) is 40.8 Å². The predicted octanol–water partition coefficient (Wildman–Crippen LogP) is 4.05. The van der Waals surface area contributed by atoms with Gasteiger partial charge < -0.3 is 14.7 Å². The molecule has 0 atom stereocenters. The second kappa shape index (κ2) is 6.06. The summed E-state index contributed by atoms with van der Waals surface area (Å²) in [5, 5.41) is 9.28. The van der Waals surface area contributed by atoms with Crippen molar-refractivity contribution in [2.75, 3.05) is 13.1 Å². The molecule has 132 valence electrons. The van der Waals surface area contributed by atoms with Crippen molar-refractivity contribution in [2.45, 2.75) is 63.9 Å². The summed E-state index contributed by atoms with van der Waals surface area (Å²) < 4.78 is 5.47. The number of hydrogen-bond donors (Lipinski definition) is 1. The zero-order valence-corrected chi connectivity index (χ0v) is 15.4. The molecule has 5 nitrogen and oxygen atoms in total. The molecule has 1 N–H and O–H groups in total. The zero-order valence-electron chi connectivity index (χ0n) is 14.6. The van der Waals surface area contributed by atoms with E-state index in [2.05, 4.69) is 0 Å². The van der Waals surface area contributed by atoms with E-state index >= 15 is 0 Å². The summed E-state index contributed by atoms with van der Waals surface area (Å²) in [6.07, 6.45) is 4.68. The second-order valence-electron chi connectivity index (χ2n) is 7.87. The van der Waals surface area contributed by atoms with Crippen LogP contribution in [0.25, 0.3) is 0 Å². The number of amides is 1. The van der Waals surface area contributed by atoms with Crippen molar-refractivity contribution in [3.05, 3.63) is 21.4 Å². The average molecular weight is 351 g/mol. The average Bonchev–Trinajstić information content (AvgIpc) is 2.92. The van der Waals surface area contributed by atoms with Crippen LogP contribution in [0.1, 0.15) is 66.6 Å². The fraction of sp³-hybridized carbons (Fsp3) is 0.667. The Morgan fingerprint density at radius 1 is 1.25 bits per heavy atom. The van der Waals surface area contributed by atoms with Crippen LogP contribution >= 0.6 is 11.3 Å². The molecule has 2 aliphatic rings. The number of carbonyl (C=O) groups is 2. The molecule has 1 saturated heterocycles. The van der Waals surface area contributed by atoms with Gasteiger partial charge in [0, 0.05) is 23.4 Å². The summed E-state index contributed by atoms with van der Waals surface area (Å²) in [5.41, 5.74) is 0.771. The molecule has 0 saturated carbocycles. The topological polar surface area (TPSA) is 66.8 Å². The van der Waals surface area contributed by atoms with Crippen LogP contribution in [0.2, 0.25) is 0 Å². The largest absolute Gasteiger partial charge is 0.477 e. The third kappa shape index (κ3) is 3.29. The summed E-state index contributed by atoms with van der Waals surface area (Å²) in [5.74, 6) is -0.837. The van der Waals surface area contributed by atoms with Crippen molar-refractivity contribution in [1.82, 2.24) is 4.90 Å². The highest BCUT2D eigenvalue weighted by molar-refractivity contribution is 7.14. The standard InChI is InChI=1S/C18H25NO4S/c1-17(2,3)23-16(22)19-9-7-18(8-10-19)6-4-5-12-11-13(15(20)21)24-14(12)18/h11H,4-10H2,1-3H3,(H,20,21). The number of aryl methyl sites for hydroxylation is 1. The predicted molar refractivity (Wildman–Crippen MR) is 92.9 cm³/mol. The maximum atomic E-state index is 12.3. The Morgan fingerprint density at radius 2 is 1.92 bits per heavy atom. The first-order chi connectivity index (χ1) is 11.2. The Labute approximate surface area is 146 Å². The molecule has 1 fully saturated rings. The van der Waals surface area contributed by atoms with E-state index in [9.17, 15) is 14.7 Å². The van der Waals surface area contributed by atoms with Gasteiger partial charge in [0.2, 0.25) is 0 Å². The number of likely N-dealkylation sites (tertiary alicyclic amines) is 1. The van der Waals surface area contributed by atoms with Gasteiger partial charge in [-0.15, -0.1) is 11.3 Å². The van der Waals surface area contributed by atoms with Gasteiger partial charge in [0.25, 0.3) is 0 Å². The van der Waals surface area contributed by atoms with E-state index in [1.54, 1.807) is 4.90 Å². The highest BCUT2D eigenvalue weighted by Crippen LogP contribution is 2.48. The lowest BCUT2D eigenvalue weighted by Crippen LogP contribution is -2.47. The number of hydrogen-bond acceptors (Lipinski definition) is 4. The van der Waals surface area contributed by atoms with Gasteiger partial charge in [-0.1, -0.05) is 0 Å². The van der Waals surface area contributed by atoms with Crippen molar-refractivity contribution in [2.24, 2.45) is 0 Å². The molecule has 1 aliphatic carbocycles. The molecule has 1 aromatic rings. The van der Waals surface area contributed by atoms with E-state index in [1.807, 2.05) is 26.8 Å². The number of piperidine rings is 1. The van der Waals surface area contributed by atoms with E-state index in [0.717, 1.165) is 32.1 Å². The maximum Gasteiger partial charge on any atom is 0.410 e. The van der Waals surface area contributed by atoms with E-state index in [1.165, 1.54) is 21.8 Å². The molecular weight excluding hydrogens is 326 g/mol. The molecule has 6 heteroatoms. The third-order valence-electron chi connectivity index (χ3n) is 4.98. The number of rotatable bonds is 1. The molecule has 1 aromatic heterocycles. The third-order valence-corrected chi connectivity index (χ3v) is 6.39. The number of carboxylic acid groups (broad SMARTS) is 1. The minimum Gasteiger partial charge on any atom is -0.477 e. The lowest BCUT2D eigenvalue weighted by Gasteiger charge is -2.44. The van der Waals surface area contributed by atoms with Gasteiger partial charge in [0.1, 0.15) is 10.5 Å². The number of carbonyl (C=O) groups excluding carboxylic acids is 1.